The highest BCUT2D eigenvalue weighted by Crippen LogP contribution is 2.30. The van der Waals surface area contributed by atoms with Crippen LogP contribution in [0.3, 0.4) is 0 Å². The van der Waals surface area contributed by atoms with Crippen molar-refractivity contribution in [3.05, 3.63) is 49.9 Å². The van der Waals surface area contributed by atoms with Gasteiger partial charge in [0.1, 0.15) is 0 Å². The van der Waals surface area contributed by atoms with E-state index >= 15 is 0 Å². The van der Waals surface area contributed by atoms with E-state index in [0.717, 1.165) is 10.6 Å². The number of aromatic nitrogens is 1. The molecule has 0 radical (unpaired) electrons. The number of rotatable bonds is 3. The zero-order valence-electron chi connectivity index (χ0n) is 9.50. The Kier molecular flexibility index (Phi) is 4.05. The molecule has 0 aliphatic carbocycles. The third-order valence-electron chi connectivity index (χ3n) is 2.49. The van der Waals surface area contributed by atoms with Crippen LogP contribution in [0.15, 0.2) is 24.4 Å². The van der Waals surface area contributed by atoms with E-state index in [1.807, 2.05) is 38.4 Å². The molecule has 0 fully saturated rings. The molecule has 1 aromatic heterocycles. The molecule has 1 heterocycles. The molecular weight excluding hydrogens is 275 g/mol. The Morgan fingerprint density at radius 1 is 1.29 bits per heavy atom. The molecule has 0 spiro atoms. The van der Waals surface area contributed by atoms with Gasteiger partial charge in [0.15, 0.2) is 0 Å². The average Bonchev–Trinajstić information content (AvgIpc) is 2.71. The summed E-state index contributed by atoms with van der Waals surface area (Å²) in [5.74, 6) is 0. The van der Waals surface area contributed by atoms with Crippen molar-refractivity contribution in [2.24, 2.45) is 0 Å². The van der Waals surface area contributed by atoms with Gasteiger partial charge in [-0.2, -0.15) is 0 Å². The molecule has 0 saturated heterocycles. The quantitative estimate of drug-likeness (QED) is 0.920. The lowest BCUT2D eigenvalue weighted by molar-refractivity contribution is 0.702. The second-order valence-electron chi connectivity index (χ2n) is 3.68. The van der Waals surface area contributed by atoms with Gasteiger partial charge in [-0.1, -0.05) is 29.3 Å². The molecule has 1 unspecified atom stereocenters. The van der Waals surface area contributed by atoms with E-state index in [0.29, 0.717) is 10.0 Å². The fourth-order valence-corrected chi connectivity index (χ4v) is 2.91. The normalized spacial score (nSPS) is 12.7. The van der Waals surface area contributed by atoms with Crippen LogP contribution in [0.1, 0.15) is 21.5 Å². The maximum Gasteiger partial charge on any atom is 0.0897 e. The maximum absolute atomic E-state index is 6.04. The van der Waals surface area contributed by atoms with Crippen molar-refractivity contribution in [2.45, 2.75) is 13.0 Å². The van der Waals surface area contributed by atoms with Crippen LogP contribution in [0.5, 0.6) is 0 Å². The Balaban J connectivity index is 2.38. The monoisotopic (exact) mass is 286 g/mol. The summed E-state index contributed by atoms with van der Waals surface area (Å²) in [6.45, 7) is 2.00. The van der Waals surface area contributed by atoms with E-state index in [1.165, 1.54) is 4.88 Å². The standard InChI is InChI=1S/C12H12Cl2N2S/c1-7-16-6-11(17-7)12(15-2)8-3-4-9(13)10(14)5-8/h3-6,12,15H,1-2H3. The summed E-state index contributed by atoms with van der Waals surface area (Å²) in [7, 11) is 1.92. The van der Waals surface area contributed by atoms with Crippen molar-refractivity contribution < 1.29 is 0 Å². The van der Waals surface area contributed by atoms with Crippen LogP contribution in [0.4, 0.5) is 0 Å². The van der Waals surface area contributed by atoms with E-state index in [9.17, 15) is 0 Å². The summed E-state index contributed by atoms with van der Waals surface area (Å²) < 4.78 is 0. The van der Waals surface area contributed by atoms with Crippen LogP contribution in [-0.2, 0) is 0 Å². The highest BCUT2D eigenvalue weighted by molar-refractivity contribution is 7.11. The van der Waals surface area contributed by atoms with Gasteiger partial charge in [-0.05, 0) is 31.7 Å². The van der Waals surface area contributed by atoms with Gasteiger partial charge in [-0.3, -0.25) is 0 Å². The first kappa shape index (κ1) is 12.8. The lowest BCUT2D eigenvalue weighted by Crippen LogP contribution is -2.16. The van der Waals surface area contributed by atoms with Crippen molar-refractivity contribution in [3.8, 4) is 0 Å². The summed E-state index contributed by atoms with van der Waals surface area (Å²) in [4.78, 5) is 5.44. The molecule has 5 heteroatoms. The van der Waals surface area contributed by atoms with Crippen LogP contribution in [0, 0.1) is 6.92 Å². The number of aryl methyl sites for hydroxylation is 1. The van der Waals surface area contributed by atoms with Gasteiger partial charge < -0.3 is 5.32 Å². The minimum absolute atomic E-state index is 0.107. The Morgan fingerprint density at radius 2 is 2.06 bits per heavy atom. The number of nitrogens with one attached hydrogen (secondary N) is 1. The van der Waals surface area contributed by atoms with Gasteiger partial charge in [-0.15, -0.1) is 11.3 Å². The number of halogens is 2. The number of hydrogen-bond acceptors (Lipinski definition) is 3. The molecular formula is C12H12Cl2N2S. The highest BCUT2D eigenvalue weighted by Gasteiger charge is 2.15. The molecule has 17 heavy (non-hydrogen) atoms. The zero-order valence-corrected chi connectivity index (χ0v) is 11.8. The maximum atomic E-state index is 6.04. The Morgan fingerprint density at radius 3 is 2.59 bits per heavy atom. The topological polar surface area (TPSA) is 24.9 Å². The van der Waals surface area contributed by atoms with Crippen LogP contribution < -0.4 is 5.32 Å². The first-order valence-electron chi connectivity index (χ1n) is 5.16. The van der Waals surface area contributed by atoms with Crippen LogP contribution in [0.25, 0.3) is 0 Å². The first-order chi connectivity index (χ1) is 8.11. The average molecular weight is 287 g/mol. The Labute approximate surface area is 115 Å². The molecule has 0 aliphatic rings. The third kappa shape index (κ3) is 2.80. The predicted molar refractivity (Wildman–Crippen MR) is 74.2 cm³/mol. The minimum atomic E-state index is 0.107. The largest absolute Gasteiger partial charge is 0.309 e. The second kappa shape index (κ2) is 5.36. The van der Waals surface area contributed by atoms with E-state index in [2.05, 4.69) is 10.3 Å². The van der Waals surface area contributed by atoms with Crippen LogP contribution >= 0.6 is 34.5 Å². The lowest BCUT2D eigenvalue weighted by atomic mass is 10.1. The molecule has 2 aromatic rings. The molecule has 0 aliphatic heterocycles. The number of hydrogen-bond donors (Lipinski definition) is 1. The highest BCUT2D eigenvalue weighted by atomic mass is 35.5. The molecule has 0 bridgehead atoms. The minimum Gasteiger partial charge on any atom is -0.309 e. The van der Waals surface area contributed by atoms with Crippen molar-refractivity contribution in [1.29, 1.82) is 0 Å². The van der Waals surface area contributed by atoms with Crippen molar-refractivity contribution in [2.75, 3.05) is 7.05 Å². The van der Waals surface area contributed by atoms with Crippen molar-refractivity contribution in [1.82, 2.24) is 10.3 Å². The molecule has 1 N–H and O–H groups in total. The van der Waals surface area contributed by atoms with E-state index in [1.54, 1.807) is 11.3 Å². The molecule has 0 saturated carbocycles. The fraction of sp³-hybridized carbons (Fsp3) is 0.250. The third-order valence-corrected chi connectivity index (χ3v) is 4.21. The fourth-order valence-electron chi connectivity index (χ4n) is 1.68. The van der Waals surface area contributed by atoms with Gasteiger partial charge in [-0.25, -0.2) is 4.98 Å². The number of benzene rings is 1. The second-order valence-corrected chi connectivity index (χ2v) is 5.76. The van der Waals surface area contributed by atoms with Gasteiger partial charge in [0.2, 0.25) is 0 Å². The molecule has 1 aromatic carbocycles. The Hall–Kier alpha value is -0.610. The van der Waals surface area contributed by atoms with Crippen LogP contribution in [0.2, 0.25) is 10.0 Å². The first-order valence-corrected chi connectivity index (χ1v) is 6.73. The molecule has 2 nitrogen and oxygen atoms in total. The van der Waals surface area contributed by atoms with Crippen molar-refractivity contribution in [3.63, 3.8) is 0 Å². The summed E-state index contributed by atoms with van der Waals surface area (Å²) in [6, 6.07) is 5.79. The lowest BCUT2D eigenvalue weighted by Gasteiger charge is -2.15. The van der Waals surface area contributed by atoms with Gasteiger partial charge in [0, 0.05) is 11.1 Å². The Bertz CT molecular complexity index is 525. The molecule has 1 atom stereocenters. The predicted octanol–water partition coefficient (Wildman–Crippen LogP) is 4.07. The summed E-state index contributed by atoms with van der Waals surface area (Å²) >= 11 is 13.6. The van der Waals surface area contributed by atoms with Crippen molar-refractivity contribution >= 4 is 34.5 Å². The summed E-state index contributed by atoms with van der Waals surface area (Å²) in [5.41, 5.74) is 1.09. The van der Waals surface area contributed by atoms with E-state index < -0.39 is 0 Å². The molecule has 2 rings (SSSR count). The van der Waals surface area contributed by atoms with Gasteiger partial charge >= 0.3 is 0 Å². The summed E-state index contributed by atoms with van der Waals surface area (Å²) in [5, 5.41) is 5.47. The molecule has 90 valence electrons. The zero-order chi connectivity index (χ0) is 12.4. The SMILES string of the molecule is CNC(c1ccc(Cl)c(Cl)c1)c1cnc(C)s1. The van der Waals surface area contributed by atoms with E-state index in [-0.39, 0.29) is 6.04 Å². The molecule has 0 amide bonds. The van der Waals surface area contributed by atoms with Gasteiger partial charge in [0.25, 0.3) is 0 Å². The van der Waals surface area contributed by atoms with Gasteiger partial charge in [0.05, 0.1) is 21.1 Å². The summed E-state index contributed by atoms with van der Waals surface area (Å²) in [6.07, 6.45) is 1.89. The smallest absolute Gasteiger partial charge is 0.0897 e. The number of nitrogens with zero attached hydrogens (tertiary/aromatic N) is 1. The van der Waals surface area contributed by atoms with Crippen LogP contribution in [-0.4, -0.2) is 12.0 Å². The van der Waals surface area contributed by atoms with E-state index in [4.69, 9.17) is 23.2 Å². The number of thiazole rings is 1.